The SMILES string of the molecule is CC(C)=CCC/C(C)=C/CC/C(C)=C/CC/C=C(\C)CC/C=C(\C)CCC=N. The molecule has 28 heavy (non-hydrogen) atoms. The van der Waals surface area contributed by atoms with Gasteiger partial charge >= 0.3 is 0 Å². The summed E-state index contributed by atoms with van der Waals surface area (Å²) in [5.74, 6) is 0. The van der Waals surface area contributed by atoms with Crippen LogP contribution in [0.1, 0.15) is 106 Å². The van der Waals surface area contributed by atoms with E-state index in [0.717, 1.165) is 38.5 Å². The predicted octanol–water partition coefficient (Wildman–Crippen LogP) is 9.29. The van der Waals surface area contributed by atoms with Crippen LogP contribution in [0.25, 0.3) is 0 Å². The lowest BCUT2D eigenvalue weighted by Gasteiger charge is -2.02. The zero-order chi connectivity index (χ0) is 21.2. The average Bonchev–Trinajstić information content (AvgIpc) is 2.63. The van der Waals surface area contributed by atoms with Crippen LogP contribution >= 0.6 is 0 Å². The van der Waals surface area contributed by atoms with Gasteiger partial charge in [-0.1, -0.05) is 58.2 Å². The Morgan fingerprint density at radius 2 is 0.786 bits per heavy atom. The minimum Gasteiger partial charge on any atom is -0.313 e. The fourth-order valence-corrected chi connectivity index (χ4v) is 3.05. The average molecular weight is 384 g/mol. The first kappa shape index (κ1) is 26.4. The summed E-state index contributed by atoms with van der Waals surface area (Å²) < 4.78 is 0. The Bertz CT molecular complexity index is 577. The summed E-state index contributed by atoms with van der Waals surface area (Å²) in [5, 5.41) is 7.09. The van der Waals surface area contributed by atoms with Gasteiger partial charge in [0.05, 0.1) is 0 Å². The maximum atomic E-state index is 7.09. The standard InChI is InChI=1S/C27H45N/c1-23(2)13-9-16-26(5)19-10-17-24(3)14-7-8-15-25(4)18-11-20-27(6)21-12-22-28/h13-15,19-20,22,28H,7-12,16-18,21H2,1-6H3/b24-14+,25-15+,26-19+,27-20+,28-22?. The molecule has 0 spiro atoms. The fourth-order valence-electron chi connectivity index (χ4n) is 3.05. The Hall–Kier alpha value is -1.63. The molecule has 0 saturated carbocycles. The first-order chi connectivity index (χ1) is 13.3. The van der Waals surface area contributed by atoms with Gasteiger partial charge in [-0.05, 0) is 112 Å². The quantitative estimate of drug-likeness (QED) is 0.165. The Labute approximate surface area is 175 Å². The third-order valence-electron chi connectivity index (χ3n) is 4.99. The fraction of sp³-hybridized carbons (Fsp3) is 0.593. The Kier molecular flexibility index (Phi) is 16.5. The van der Waals surface area contributed by atoms with Crippen molar-refractivity contribution in [2.75, 3.05) is 0 Å². The van der Waals surface area contributed by atoms with Gasteiger partial charge in [-0.2, -0.15) is 0 Å². The predicted molar refractivity (Wildman–Crippen MR) is 129 cm³/mol. The van der Waals surface area contributed by atoms with Crippen molar-refractivity contribution in [3.05, 3.63) is 58.2 Å². The van der Waals surface area contributed by atoms with Crippen molar-refractivity contribution >= 4 is 6.21 Å². The smallest absolute Gasteiger partial charge is 0.00446 e. The molecule has 158 valence electrons. The minimum absolute atomic E-state index is 0.869. The van der Waals surface area contributed by atoms with Crippen LogP contribution in [0.15, 0.2) is 58.2 Å². The normalized spacial score (nSPS) is 13.6. The molecule has 0 aliphatic rings. The molecular formula is C27H45N. The largest absolute Gasteiger partial charge is 0.313 e. The van der Waals surface area contributed by atoms with Gasteiger partial charge in [0.1, 0.15) is 0 Å². The van der Waals surface area contributed by atoms with Crippen LogP contribution in [0.2, 0.25) is 0 Å². The van der Waals surface area contributed by atoms with Gasteiger partial charge in [-0.15, -0.1) is 0 Å². The Morgan fingerprint density at radius 1 is 0.464 bits per heavy atom. The second kappa shape index (κ2) is 17.5. The van der Waals surface area contributed by atoms with E-state index in [0.29, 0.717) is 0 Å². The van der Waals surface area contributed by atoms with Crippen LogP contribution in [0.4, 0.5) is 0 Å². The van der Waals surface area contributed by atoms with Crippen molar-refractivity contribution in [1.29, 1.82) is 5.41 Å². The highest BCUT2D eigenvalue weighted by molar-refractivity contribution is 5.53. The van der Waals surface area contributed by atoms with E-state index in [2.05, 4.69) is 71.9 Å². The number of hydrogen-bond acceptors (Lipinski definition) is 1. The third-order valence-corrected chi connectivity index (χ3v) is 4.99. The molecule has 0 atom stereocenters. The molecule has 0 aromatic rings. The molecule has 0 aliphatic heterocycles. The molecule has 1 N–H and O–H groups in total. The lowest BCUT2D eigenvalue weighted by molar-refractivity contribution is 0.899. The molecule has 1 nitrogen and oxygen atoms in total. The molecule has 0 saturated heterocycles. The van der Waals surface area contributed by atoms with Crippen LogP contribution in [-0.2, 0) is 0 Å². The Balaban J connectivity index is 4.02. The molecule has 0 rings (SSSR count). The molecule has 0 aromatic heterocycles. The van der Waals surface area contributed by atoms with Crippen molar-refractivity contribution in [1.82, 2.24) is 0 Å². The number of allylic oxidation sites excluding steroid dienone is 10. The topological polar surface area (TPSA) is 23.9 Å². The highest BCUT2D eigenvalue weighted by atomic mass is 14.3. The zero-order valence-electron chi connectivity index (χ0n) is 19.5. The van der Waals surface area contributed by atoms with E-state index in [4.69, 9.17) is 5.41 Å². The van der Waals surface area contributed by atoms with E-state index in [1.165, 1.54) is 59.8 Å². The molecule has 0 aromatic carbocycles. The maximum absolute atomic E-state index is 7.09. The summed E-state index contributed by atoms with van der Waals surface area (Å²) >= 11 is 0. The first-order valence-corrected chi connectivity index (χ1v) is 11.1. The summed E-state index contributed by atoms with van der Waals surface area (Å²) in [6, 6.07) is 0. The van der Waals surface area contributed by atoms with Crippen molar-refractivity contribution in [2.24, 2.45) is 0 Å². The molecule has 0 amide bonds. The number of nitrogens with one attached hydrogen (secondary N) is 1. The van der Waals surface area contributed by atoms with Crippen molar-refractivity contribution in [3.63, 3.8) is 0 Å². The molecule has 1 heteroatoms. The van der Waals surface area contributed by atoms with Crippen molar-refractivity contribution in [2.45, 2.75) is 106 Å². The second-order valence-corrected chi connectivity index (χ2v) is 8.42. The van der Waals surface area contributed by atoms with Gasteiger partial charge in [0.15, 0.2) is 0 Å². The molecule has 0 aliphatic carbocycles. The van der Waals surface area contributed by atoms with Crippen LogP contribution in [-0.4, -0.2) is 6.21 Å². The molecule has 0 radical (unpaired) electrons. The number of unbranched alkanes of at least 4 members (excludes halogenated alkanes) is 1. The van der Waals surface area contributed by atoms with E-state index in [-0.39, 0.29) is 0 Å². The second-order valence-electron chi connectivity index (χ2n) is 8.42. The first-order valence-electron chi connectivity index (χ1n) is 11.1. The van der Waals surface area contributed by atoms with Gasteiger partial charge in [-0.3, -0.25) is 0 Å². The van der Waals surface area contributed by atoms with Gasteiger partial charge < -0.3 is 5.41 Å². The minimum atomic E-state index is 0.869. The van der Waals surface area contributed by atoms with E-state index < -0.39 is 0 Å². The van der Waals surface area contributed by atoms with Crippen molar-refractivity contribution in [3.8, 4) is 0 Å². The van der Waals surface area contributed by atoms with Gasteiger partial charge in [0.25, 0.3) is 0 Å². The summed E-state index contributed by atoms with van der Waals surface area (Å²) in [7, 11) is 0. The molecule has 0 bridgehead atoms. The highest BCUT2D eigenvalue weighted by Crippen LogP contribution is 2.14. The van der Waals surface area contributed by atoms with Gasteiger partial charge in [0.2, 0.25) is 0 Å². The van der Waals surface area contributed by atoms with E-state index in [1.54, 1.807) is 0 Å². The van der Waals surface area contributed by atoms with Crippen LogP contribution in [0.5, 0.6) is 0 Å². The van der Waals surface area contributed by atoms with Crippen molar-refractivity contribution < 1.29 is 0 Å². The van der Waals surface area contributed by atoms with E-state index in [9.17, 15) is 0 Å². The van der Waals surface area contributed by atoms with Crippen LogP contribution in [0, 0.1) is 5.41 Å². The van der Waals surface area contributed by atoms with Crippen LogP contribution < -0.4 is 0 Å². The molecule has 0 fully saturated rings. The number of hydrogen-bond donors (Lipinski definition) is 1. The van der Waals surface area contributed by atoms with Crippen LogP contribution in [0.3, 0.4) is 0 Å². The summed E-state index contributed by atoms with van der Waals surface area (Å²) in [6.07, 6.45) is 24.6. The lowest BCUT2D eigenvalue weighted by Crippen LogP contribution is -1.82. The zero-order valence-corrected chi connectivity index (χ0v) is 19.5. The summed E-state index contributed by atoms with van der Waals surface area (Å²) in [5.41, 5.74) is 7.37. The lowest BCUT2D eigenvalue weighted by atomic mass is 10.0. The number of rotatable bonds is 15. The highest BCUT2D eigenvalue weighted by Gasteiger charge is 1.94. The van der Waals surface area contributed by atoms with Gasteiger partial charge in [0, 0.05) is 0 Å². The van der Waals surface area contributed by atoms with Gasteiger partial charge in [-0.25, -0.2) is 0 Å². The molecule has 0 heterocycles. The molecule has 0 unspecified atom stereocenters. The Morgan fingerprint density at radius 3 is 1.14 bits per heavy atom. The summed E-state index contributed by atoms with van der Waals surface area (Å²) in [4.78, 5) is 0. The molecular weight excluding hydrogens is 338 g/mol. The summed E-state index contributed by atoms with van der Waals surface area (Å²) in [6.45, 7) is 13.3. The van der Waals surface area contributed by atoms with E-state index >= 15 is 0 Å². The maximum Gasteiger partial charge on any atom is -0.00446 e. The van der Waals surface area contributed by atoms with E-state index in [1.807, 2.05) is 0 Å². The monoisotopic (exact) mass is 383 g/mol. The third kappa shape index (κ3) is 17.8.